The van der Waals surface area contributed by atoms with Gasteiger partial charge in [0.2, 0.25) is 15.9 Å². The Kier molecular flexibility index (Phi) is 9.46. The Balaban J connectivity index is 1.16. The van der Waals surface area contributed by atoms with E-state index in [1.807, 2.05) is 11.3 Å². The number of carbonyl (C=O) groups excluding carboxylic acids is 1. The molecule has 2 heterocycles. The van der Waals surface area contributed by atoms with E-state index in [4.69, 9.17) is 16.3 Å². The Morgan fingerprint density at radius 3 is 2.53 bits per heavy atom. The fraction of sp³-hybridized carbons (Fsp3) is 0.577. The van der Waals surface area contributed by atoms with Gasteiger partial charge in [-0.2, -0.15) is 4.31 Å². The van der Waals surface area contributed by atoms with Crippen LogP contribution < -0.4 is 5.32 Å². The highest BCUT2D eigenvalue weighted by atomic mass is 35.5. The van der Waals surface area contributed by atoms with Crippen LogP contribution in [-0.2, 0) is 19.6 Å². The molecule has 2 fully saturated rings. The summed E-state index contributed by atoms with van der Waals surface area (Å²) in [5, 5.41) is 5.67. The average Bonchev–Trinajstić information content (AvgIpc) is 3.55. The molecule has 4 rings (SSSR count). The van der Waals surface area contributed by atoms with E-state index in [0.717, 1.165) is 25.7 Å². The molecule has 1 N–H and O–H groups in total. The fourth-order valence-corrected chi connectivity index (χ4v) is 8.01. The van der Waals surface area contributed by atoms with Crippen molar-refractivity contribution in [3.05, 3.63) is 51.7 Å². The number of nitrogens with zero attached hydrogens (tertiary/aromatic N) is 2. The number of halogens is 1. The number of ether oxygens (including phenoxy) is 1. The first-order valence-electron chi connectivity index (χ1n) is 12.6. The molecule has 2 aromatic rings. The van der Waals surface area contributed by atoms with Gasteiger partial charge in [-0.3, -0.25) is 4.79 Å². The molecule has 36 heavy (non-hydrogen) atoms. The molecule has 198 valence electrons. The number of thiophene rings is 1. The molecule has 1 amide bonds. The molecule has 1 aromatic heterocycles. The molecule has 0 bridgehead atoms. The van der Waals surface area contributed by atoms with E-state index in [2.05, 4.69) is 41.8 Å². The van der Waals surface area contributed by atoms with Gasteiger partial charge in [0.15, 0.2) is 0 Å². The van der Waals surface area contributed by atoms with Crippen LogP contribution in [0.2, 0.25) is 5.02 Å². The van der Waals surface area contributed by atoms with E-state index in [1.165, 1.54) is 21.3 Å². The summed E-state index contributed by atoms with van der Waals surface area (Å²) in [6, 6.07) is 11.0. The summed E-state index contributed by atoms with van der Waals surface area (Å²) in [5.41, 5.74) is 0. The first-order chi connectivity index (χ1) is 17.2. The summed E-state index contributed by atoms with van der Waals surface area (Å²) in [5.74, 6) is 0.993. The monoisotopic (exact) mass is 553 g/mol. The minimum atomic E-state index is -3.59. The molecule has 1 saturated carbocycles. The van der Waals surface area contributed by atoms with Crippen LogP contribution in [0.15, 0.2) is 46.7 Å². The van der Waals surface area contributed by atoms with Crippen molar-refractivity contribution in [2.75, 3.05) is 40.3 Å². The van der Waals surface area contributed by atoms with Crippen LogP contribution in [0, 0.1) is 11.8 Å². The third-order valence-corrected chi connectivity index (χ3v) is 10.4. The van der Waals surface area contributed by atoms with Crippen LogP contribution in [0.25, 0.3) is 0 Å². The van der Waals surface area contributed by atoms with Crippen LogP contribution in [0.4, 0.5) is 0 Å². The molecule has 2 aliphatic rings. The van der Waals surface area contributed by atoms with Crippen molar-refractivity contribution in [3.8, 4) is 0 Å². The summed E-state index contributed by atoms with van der Waals surface area (Å²) >= 11 is 7.70. The fourth-order valence-electron chi connectivity index (χ4n) is 5.39. The van der Waals surface area contributed by atoms with Gasteiger partial charge < -0.3 is 15.0 Å². The molecule has 2 atom stereocenters. The zero-order chi connectivity index (χ0) is 25.7. The summed E-state index contributed by atoms with van der Waals surface area (Å²) in [4.78, 5) is 16.4. The molecule has 1 aliphatic heterocycles. The lowest BCUT2D eigenvalue weighted by atomic mass is 9.77. The average molecular weight is 554 g/mol. The molecule has 10 heteroatoms. The quantitative estimate of drug-likeness (QED) is 0.471. The van der Waals surface area contributed by atoms with Crippen molar-refractivity contribution < 1.29 is 17.9 Å². The predicted molar refractivity (Wildman–Crippen MR) is 144 cm³/mol. The topological polar surface area (TPSA) is 79.0 Å². The molecule has 0 spiro atoms. The molecule has 7 nitrogen and oxygen atoms in total. The summed E-state index contributed by atoms with van der Waals surface area (Å²) in [6.45, 7) is 1.25. The van der Waals surface area contributed by atoms with Crippen LogP contribution in [0.1, 0.15) is 43.0 Å². The van der Waals surface area contributed by atoms with Crippen LogP contribution in [-0.4, -0.2) is 70.0 Å². The number of carbonyl (C=O) groups is 1. The molecule has 1 aromatic carbocycles. The van der Waals surface area contributed by atoms with E-state index in [0.29, 0.717) is 42.4 Å². The third kappa shape index (κ3) is 6.88. The van der Waals surface area contributed by atoms with Gasteiger partial charge in [0.25, 0.3) is 0 Å². The highest BCUT2D eigenvalue weighted by Crippen LogP contribution is 2.40. The number of sulfonamides is 1. The normalized spacial score (nSPS) is 24.2. The summed E-state index contributed by atoms with van der Waals surface area (Å²) < 4.78 is 32.8. The molecular formula is C26H36ClN3O4S2. The minimum absolute atomic E-state index is 0.0457. The summed E-state index contributed by atoms with van der Waals surface area (Å²) in [6.07, 6.45) is 4.84. The standard InChI is InChI=1S/C26H36ClN3O4S2/c1-29(2)26(24-4-3-15-35-24)20-7-5-19(6-8-20)16-28-25(31)18-34-22-13-14-30(17-22)36(32,33)23-11-9-21(27)10-12-23/h3-4,9-12,15,19-20,22,26H,5-8,13-14,16-18H2,1-2H3,(H,28,31). The van der Waals surface area contributed by atoms with Crippen molar-refractivity contribution in [2.24, 2.45) is 11.8 Å². The largest absolute Gasteiger partial charge is 0.367 e. The van der Waals surface area contributed by atoms with E-state index in [-0.39, 0.29) is 30.1 Å². The first-order valence-corrected chi connectivity index (χ1v) is 15.3. The molecule has 1 aliphatic carbocycles. The Morgan fingerprint density at radius 2 is 1.89 bits per heavy atom. The van der Waals surface area contributed by atoms with Crippen LogP contribution >= 0.6 is 22.9 Å². The number of hydrogen-bond donors (Lipinski definition) is 1. The maximum Gasteiger partial charge on any atom is 0.246 e. The number of rotatable bonds is 10. The number of amides is 1. The number of nitrogens with one attached hydrogen (secondary N) is 1. The minimum Gasteiger partial charge on any atom is -0.367 e. The van der Waals surface area contributed by atoms with Gasteiger partial charge >= 0.3 is 0 Å². The second-order valence-electron chi connectivity index (χ2n) is 10.0. The Hall–Kier alpha value is -1.49. The lowest BCUT2D eigenvalue weighted by Crippen LogP contribution is -2.36. The third-order valence-electron chi connectivity index (χ3n) is 7.33. The second-order valence-corrected chi connectivity index (χ2v) is 13.4. The highest BCUT2D eigenvalue weighted by Gasteiger charge is 2.34. The predicted octanol–water partition coefficient (Wildman–Crippen LogP) is 4.41. The maximum absolute atomic E-state index is 12.8. The van der Waals surface area contributed by atoms with Gasteiger partial charge in [0.1, 0.15) is 6.61 Å². The highest BCUT2D eigenvalue weighted by molar-refractivity contribution is 7.89. The second kappa shape index (κ2) is 12.4. The van der Waals surface area contributed by atoms with E-state index in [9.17, 15) is 13.2 Å². The Labute approximate surface area is 223 Å². The summed E-state index contributed by atoms with van der Waals surface area (Å²) in [7, 11) is 0.730. The van der Waals surface area contributed by atoms with Crippen molar-refractivity contribution >= 4 is 38.9 Å². The molecular weight excluding hydrogens is 518 g/mol. The van der Waals surface area contributed by atoms with Gasteiger partial charge in [-0.05, 0) is 93.7 Å². The smallest absolute Gasteiger partial charge is 0.246 e. The van der Waals surface area contributed by atoms with Gasteiger partial charge in [0.05, 0.1) is 11.0 Å². The molecule has 1 saturated heterocycles. The Morgan fingerprint density at radius 1 is 1.17 bits per heavy atom. The SMILES string of the molecule is CN(C)C(c1cccs1)C1CCC(CNC(=O)COC2CCN(S(=O)(=O)c3ccc(Cl)cc3)C2)CC1. The van der Waals surface area contributed by atoms with Gasteiger partial charge in [-0.25, -0.2) is 8.42 Å². The van der Waals surface area contributed by atoms with Gasteiger partial charge in [-0.15, -0.1) is 11.3 Å². The maximum atomic E-state index is 12.8. The van der Waals surface area contributed by atoms with Crippen molar-refractivity contribution in [1.82, 2.24) is 14.5 Å². The number of benzene rings is 1. The van der Waals surface area contributed by atoms with Crippen LogP contribution in [0.5, 0.6) is 0 Å². The zero-order valence-corrected chi connectivity index (χ0v) is 23.3. The van der Waals surface area contributed by atoms with E-state index in [1.54, 1.807) is 12.1 Å². The van der Waals surface area contributed by atoms with Crippen molar-refractivity contribution in [1.29, 1.82) is 0 Å². The first kappa shape index (κ1) is 27.5. The van der Waals surface area contributed by atoms with Crippen LogP contribution in [0.3, 0.4) is 0 Å². The van der Waals surface area contributed by atoms with Gasteiger partial charge in [-0.1, -0.05) is 17.7 Å². The van der Waals surface area contributed by atoms with Crippen molar-refractivity contribution in [2.45, 2.75) is 49.1 Å². The molecule has 0 radical (unpaired) electrons. The Bertz CT molecular complexity index is 1080. The van der Waals surface area contributed by atoms with Gasteiger partial charge in [0, 0.05) is 35.6 Å². The van der Waals surface area contributed by atoms with E-state index < -0.39 is 10.0 Å². The number of hydrogen-bond acceptors (Lipinski definition) is 6. The lowest BCUT2D eigenvalue weighted by molar-refractivity contribution is -0.127. The van der Waals surface area contributed by atoms with Crippen molar-refractivity contribution in [3.63, 3.8) is 0 Å². The molecule has 2 unspecified atom stereocenters. The zero-order valence-electron chi connectivity index (χ0n) is 20.9. The van der Waals surface area contributed by atoms with E-state index >= 15 is 0 Å². The lowest BCUT2D eigenvalue weighted by Gasteiger charge is -2.37.